The Kier molecular flexibility index (Phi) is 7.16. The number of nitrogens with one attached hydrogen (secondary N) is 2. The molecule has 0 aromatic heterocycles. The molecule has 0 rings (SSSR count). The van der Waals surface area contributed by atoms with E-state index in [1.165, 1.54) is 7.11 Å². The van der Waals surface area contributed by atoms with Crippen molar-refractivity contribution < 1.29 is 13.2 Å². The first-order chi connectivity index (χ1) is 6.12. The summed E-state index contributed by atoms with van der Waals surface area (Å²) in [7, 11) is 0.188. The predicted octanol–water partition coefficient (Wildman–Crippen LogP) is -0.838. The monoisotopic (exact) mass is 210 g/mol. The van der Waals surface area contributed by atoms with Crippen LogP contribution in [-0.4, -0.2) is 48.0 Å². The summed E-state index contributed by atoms with van der Waals surface area (Å²) in [5.41, 5.74) is 0. The minimum Gasteiger partial charge on any atom is -0.384 e. The number of hydrogen-bond acceptors (Lipinski definition) is 4. The molecule has 0 amide bonds. The molecule has 0 saturated heterocycles. The highest BCUT2D eigenvalue weighted by Crippen LogP contribution is 1.85. The molecule has 2 N–H and O–H groups in total. The molecule has 0 aromatic carbocycles. The van der Waals surface area contributed by atoms with Crippen LogP contribution >= 0.6 is 0 Å². The first-order valence-corrected chi connectivity index (χ1v) is 5.88. The average Bonchev–Trinajstić information content (AvgIpc) is 2.09. The summed E-state index contributed by atoms with van der Waals surface area (Å²) in [5, 5.41) is 2.94. The molecule has 0 aliphatic carbocycles. The molecule has 0 aliphatic rings. The van der Waals surface area contributed by atoms with E-state index in [0.717, 1.165) is 13.0 Å². The summed E-state index contributed by atoms with van der Waals surface area (Å²) in [5.74, 6) is 0.0308. The minimum atomic E-state index is -3.13. The topological polar surface area (TPSA) is 67.4 Å². The Morgan fingerprint density at radius 2 is 2.00 bits per heavy atom. The fourth-order valence-electron chi connectivity index (χ4n) is 0.758. The third-order valence-corrected chi connectivity index (χ3v) is 2.83. The van der Waals surface area contributed by atoms with Crippen LogP contribution in [0.25, 0.3) is 0 Å². The van der Waals surface area contributed by atoms with Crippen LogP contribution in [0.3, 0.4) is 0 Å². The van der Waals surface area contributed by atoms with Crippen molar-refractivity contribution >= 4 is 10.0 Å². The lowest BCUT2D eigenvalue weighted by Gasteiger charge is -2.05. The van der Waals surface area contributed by atoms with E-state index in [9.17, 15) is 8.42 Å². The molecule has 0 fully saturated rings. The van der Waals surface area contributed by atoms with Crippen LogP contribution in [0, 0.1) is 0 Å². The molecule has 0 spiro atoms. The zero-order valence-electron chi connectivity index (χ0n) is 8.17. The SMILES string of the molecule is CNCCCNS(=O)(=O)CCOC. The van der Waals surface area contributed by atoms with Gasteiger partial charge < -0.3 is 10.1 Å². The lowest BCUT2D eigenvalue weighted by atomic mass is 10.4. The molecule has 0 atom stereocenters. The zero-order valence-corrected chi connectivity index (χ0v) is 8.99. The standard InChI is InChI=1S/C7H18N2O3S/c1-8-4-3-5-9-13(10,11)7-6-12-2/h8-9H,3-7H2,1-2H3. The molecule has 0 heterocycles. The van der Waals surface area contributed by atoms with Gasteiger partial charge in [-0.05, 0) is 20.0 Å². The third-order valence-electron chi connectivity index (χ3n) is 1.48. The molecule has 0 aliphatic heterocycles. The molecule has 0 bridgehead atoms. The number of methoxy groups -OCH3 is 1. The fourth-order valence-corrected chi connectivity index (χ4v) is 1.74. The van der Waals surface area contributed by atoms with Gasteiger partial charge in [0.15, 0.2) is 0 Å². The zero-order chi connectivity index (χ0) is 10.2. The van der Waals surface area contributed by atoms with E-state index in [1.807, 2.05) is 7.05 Å². The van der Waals surface area contributed by atoms with Crippen molar-refractivity contribution in [3.05, 3.63) is 0 Å². The van der Waals surface area contributed by atoms with Gasteiger partial charge in [0.25, 0.3) is 0 Å². The second kappa shape index (κ2) is 7.25. The molecule has 0 aromatic rings. The number of ether oxygens (including phenoxy) is 1. The van der Waals surface area contributed by atoms with Gasteiger partial charge in [0.1, 0.15) is 0 Å². The van der Waals surface area contributed by atoms with Gasteiger partial charge in [-0.3, -0.25) is 0 Å². The Labute approximate surface area is 79.9 Å². The second-order valence-corrected chi connectivity index (χ2v) is 4.59. The molecule has 80 valence electrons. The van der Waals surface area contributed by atoms with Crippen molar-refractivity contribution in [3.63, 3.8) is 0 Å². The van der Waals surface area contributed by atoms with Crippen LogP contribution in [0.15, 0.2) is 0 Å². The van der Waals surface area contributed by atoms with Crippen molar-refractivity contribution in [3.8, 4) is 0 Å². The van der Waals surface area contributed by atoms with Crippen molar-refractivity contribution in [2.45, 2.75) is 6.42 Å². The smallest absolute Gasteiger partial charge is 0.213 e. The largest absolute Gasteiger partial charge is 0.384 e. The number of sulfonamides is 1. The quantitative estimate of drug-likeness (QED) is 0.513. The molecular formula is C7H18N2O3S. The van der Waals surface area contributed by atoms with E-state index in [1.54, 1.807) is 0 Å². The van der Waals surface area contributed by atoms with E-state index >= 15 is 0 Å². The third kappa shape index (κ3) is 8.17. The maximum absolute atomic E-state index is 11.1. The summed E-state index contributed by atoms with van der Waals surface area (Å²) < 4.78 is 29.4. The van der Waals surface area contributed by atoms with E-state index in [4.69, 9.17) is 0 Å². The predicted molar refractivity (Wildman–Crippen MR) is 52.2 cm³/mol. The maximum Gasteiger partial charge on any atom is 0.213 e. The van der Waals surface area contributed by atoms with Crippen LogP contribution in [0.1, 0.15) is 6.42 Å². The summed E-state index contributed by atoms with van der Waals surface area (Å²) in [6, 6.07) is 0. The first kappa shape index (κ1) is 12.8. The van der Waals surface area contributed by atoms with Crippen molar-refractivity contribution in [1.82, 2.24) is 10.0 Å². The molecular weight excluding hydrogens is 192 g/mol. The summed E-state index contributed by atoms with van der Waals surface area (Å²) in [6.45, 7) is 1.53. The molecule has 5 nitrogen and oxygen atoms in total. The van der Waals surface area contributed by atoms with Crippen molar-refractivity contribution in [2.75, 3.05) is 39.6 Å². The highest BCUT2D eigenvalue weighted by molar-refractivity contribution is 7.89. The van der Waals surface area contributed by atoms with Crippen LogP contribution in [-0.2, 0) is 14.8 Å². The van der Waals surface area contributed by atoms with Crippen LogP contribution in [0.4, 0.5) is 0 Å². The Hall–Kier alpha value is -0.170. The van der Waals surface area contributed by atoms with E-state index in [0.29, 0.717) is 6.54 Å². The van der Waals surface area contributed by atoms with Gasteiger partial charge in [-0.1, -0.05) is 0 Å². The Balaban J connectivity index is 3.52. The van der Waals surface area contributed by atoms with Crippen LogP contribution in [0.2, 0.25) is 0 Å². The van der Waals surface area contributed by atoms with Gasteiger partial charge in [-0.15, -0.1) is 0 Å². The molecule has 0 radical (unpaired) electrons. The Morgan fingerprint density at radius 1 is 1.31 bits per heavy atom. The van der Waals surface area contributed by atoms with E-state index in [2.05, 4.69) is 14.8 Å². The molecule has 6 heteroatoms. The number of rotatable bonds is 8. The summed E-state index contributed by atoms with van der Waals surface area (Å²) in [4.78, 5) is 0. The van der Waals surface area contributed by atoms with Gasteiger partial charge in [-0.2, -0.15) is 0 Å². The van der Waals surface area contributed by atoms with Crippen LogP contribution < -0.4 is 10.0 Å². The van der Waals surface area contributed by atoms with Crippen LogP contribution in [0.5, 0.6) is 0 Å². The van der Waals surface area contributed by atoms with E-state index < -0.39 is 10.0 Å². The Morgan fingerprint density at radius 3 is 2.54 bits per heavy atom. The van der Waals surface area contributed by atoms with E-state index in [-0.39, 0.29) is 12.4 Å². The molecule has 0 saturated carbocycles. The van der Waals surface area contributed by atoms with Crippen molar-refractivity contribution in [2.24, 2.45) is 0 Å². The maximum atomic E-state index is 11.1. The van der Waals surface area contributed by atoms with Gasteiger partial charge in [0.2, 0.25) is 10.0 Å². The lowest BCUT2D eigenvalue weighted by molar-refractivity contribution is 0.217. The average molecular weight is 210 g/mol. The fraction of sp³-hybridized carbons (Fsp3) is 1.00. The molecule has 0 unspecified atom stereocenters. The van der Waals surface area contributed by atoms with Gasteiger partial charge in [0.05, 0.1) is 12.4 Å². The Bertz CT molecular complexity index is 204. The first-order valence-electron chi connectivity index (χ1n) is 4.23. The van der Waals surface area contributed by atoms with Gasteiger partial charge in [-0.25, -0.2) is 13.1 Å². The highest BCUT2D eigenvalue weighted by atomic mass is 32.2. The number of hydrogen-bond donors (Lipinski definition) is 2. The second-order valence-electron chi connectivity index (χ2n) is 2.66. The van der Waals surface area contributed by atoms with Crippen molar-refractivity contribution in [1.29, 1.82) is 0 Å². The van der Waals surface area contributed by atoms with Gasteiger partial charge in [0, 0.05) is 13.7 Å². The summed E-state index contributed by atoms with van der Waals surface area (Å²) >= 11 is 0. The normalized spacial score (nSPS) is 11.8. The lowest BCUT2D eigenvalue weighted by Crippen LogP contribution is -2.30. The minimum absolute atomic E-state index is 0.0308. The molecule has 13 heavy (non-hydrogen) atoms. The highest BCUT2D eigenvalue weighted by Gasteiger charge is 2.07. The van der Waals surface area contributed by atoms with Gasteiger partial charge >= 0.3 is 0 Å². The summed E-state index contributed by atoms with van der Waals surface area (Å²) in [6.07, 6.45) is 0.794.